The largest absolute Gasteiger partial charge is 0.346 e. The van der Waals surface area contributed by atoms with Gasteiger partial charge in [0.2, 0.25) is 0 Å². The molecule has 1 aromatic heterocycles. The van der Waals surface area contributed by atoms with E-state index in [9.17, 15) is 14.0 Å². The molecule has 0 radical (unpaired) electrons. The standard InChI is InChI=1S/C19H16FN3O2/c20-16-9-5-4-8-15(16)12-21-19(25)17-10-11-18(24)23(22-17)13-14-6-2-1-3-7-14/h1-11H,12-13H2,(H,21,25). The molecular weight excluding hydrogens is 321 g/mol. The third-order valence-corrected chi connectivity index (χ3v) is 3.67. The van der Waals surface area contributed by atoms with Gasteiger partial charge in [0.25, 0.3) is 11.5 Å². The Bertz CT molecular complexity index is 939. The number of nitrogens with zero attached hydrogens (tertiary/aromatic N) is 2. The quantitative estimate of drug-likeness (QED) is 0.777. The Balaban J connectivity index is 1.74. The number of carbonyl (C=O) groups is 1. The molecule has 126 valence electrons. The second-order valence-corrected chi connectivity index (χ2v) is 5.47. The monoisotopic (exact) mass is 337 g/mol. The minimum atomic E-state index is -0.468. The van der Waals surface area contributed by atoms with Crippen molar-refractivity contribution >= 4 is 5.91 Å². The predicted octanol–water partition coefficient (Wildman–Crippen LogP) is 2.36. The highest BCUT2D eigenvalue weighted by Crippen LogP contribution is 2.06. The molecule has 0 atom stereocenters. The molecule has 2 aromatic carbocycles. The minimum Gasteiger partial charge on any atom is -0.346 e. The van der Waals surface area contributed by atoms with E-state index in [1.165, 1.54) is 22.9 Å². The van der Waals surface area contributed by atoms with Gasteiger partial charge in [0.1, 0.15) is 11.5 Å². The van der Waals surface area contributed by atoms with Gasteiger partial charge in [-0.15, -0.1) is 0 Å². The first-order valence-corrected chi connectivity index (χ1v) is 7.77. The van der Waals surface area contributed by atoms with Crippen LogP contribution < -0.4 is 10.9 Å². The summed E-state index contributed by atoms with van der Waals surface area (Å²) in [6, 6.07) is 18.2. The first kappa shape index (κ1) is 16.6. The molecule has 0 aliphatic rings. The Morgan fingerprint density at radius 1 is 1.00 bits per heavy atom. The number of carbonyl (C=O) groups excluding carboxylic acids is 1. The minimum absolute atomic E-state index is 0.0466. The number of benzene rings is 2. The van der Waals surface area contributed by atoms with Crippen molar-refractivity contribution in [1.82, 2.24) is 15.1 Å². The molecule has 3 rings (SSSR count). The molecule has 0 saturated carbocycles. The summed E-state index contributed by atoms with van der Waals surface area (Å²) in [7, 11) is 0. The summed E-state index contributed by atoms with van der Waals surface area (Å²) in [6.07, 6.45) is 0. The van der Waals surface area contributed by atoms with E-state index in [1.54, 1.807) is 18.2 Å². The van der Waals surface area contributed by atoms with Crippen molar-refractivity contribution in [1.29, 1.82) is 0 Å². The van der Waals surface area contributed by atoms with E-state index in [-0.39, 0.29) is 30.2 Å². The lowest BCUT2D eigenvalue weighted by atomic mass is 10.2. The van der Waals surface area contributed by atoms with E-state index >= 15 is 0 Å². The van der Waals surface area contributed by atoms with Crippen molar-refractivity contribution < 1.29 is 9.18 Å². The Kier molecular flexibility index (Phi) is 4.99. The zero-order chi connectivity index (χ0) is 17.6. The van der Waals surface area contributed by atoms with Crippen LogP contribution in [0.2, 0.25) is 0 Å². The molecule has 0 spiro atoms. The maximum atomic E-state index is 13.6. The summed E-state index contributed by atoms with van der Waals surface area (Å²) >= 11 is 0. The van der Waals surface area contributed by atoms with Gasteiger partial charge in [0.05, 0.1) is 6.54 Å². The number of amides is 1. The normalized spacial score (nSPS) is 10.4. The molecule has 6 heteroatoms. The molecular formula is C19H16FN3O2. The molecule has 0 fully saturated rings. The van der Waals surface area contributed by atoms with E-state index in [4.69, 9.17) is 0 Å². The van der Waals surface area contributed by atoms with Crippen molar-refractivity contribution in [3.05, 3.63) is 99.7 Å². The Hall–Kier alpha value is -3.28. The van der Waals surface area contributed by atoms with Gasteiger partial charge >= 0.3 is 0 Å². The van der Waals surface area contributed by atoms with Crippen LogP contribution in [0.4, 0.5) is 4.39 Å². The van der Waals surface area contributed by atoms with Crippen molar-refractivity contribution in [2.45, 2.75) is 13.1 Å². The molecule has 0 bridgehead atoms. The summed E-state index contributed by atoms with van der Waals surface area (Å²) in [6.45, 7) is 0.319. The highest BCUT2D eigenvalue weighted by atomic mass is 19.1. The lowest BCUT2D eigenvalue weighted by molar-refractivity contribution is 0.0943. The van der Waals surface area contributed by atoms with Gasteiger partial charge in [-0.05, 0) is 17.7 Å². The van der Waals surface area contributed by atoms with E-state index in [0.29, 0.717) is 5.56 Å². The van der Waals surface area contributed by atoms with Gasteiger partial charge in [-0.1, -0.05) is 48.5 Å². The Morgan fingerprint density at radius 3 is 2.48 bits per heavy atom. The second-order valence-electron chi connectivity index (χ2n) is 5.47. The second kappa shape index (κ2) is 7.53. The first-order chi connectivity index (χ1) is 12.1. The molecule has 0 aliphatic heterocycles. The van der Waals surface area contributed by atoms with Gasteiger partial charge in [-0.25, -0.2) is 9.07 Å². The molecule has 1 amide bonds. The van der Waals surface area contributed by atoms with Gasteiger partial charge in [-0.2, -0.15) is 5.10 Å². The van der Waals surface area contributed by atoms with E-state index in [1.807, 2.05) is 30.3 Å². The van der Waals surface area contributed by atoms with E-state index in [0.717, 1.165) is 5.56 Å². The molecule has 0 aliphatic carbocycles. The molecule has 3 aromatic rings. The van der Waals surface area contributed by atoms with Crippen molar-refractivity contribution in [3.8, 4) is 0 Å². The van der Waals surface area contributed by atoms with Crippen LogP contribution in [0.3, 0.4) is 0 Å². The van der Waals surface area contributed by atoms with E-state index < -0.39 is 5.91 Å². The van der Waals surface area contributed by atoms with Crippen molar-refractivity contribution in [2.75, 3.05) is 0 Å². The fourth-order valence-corrected chi connectivity index (χ4v) is 2.35. The fourth-order valence-electron chi connectivity index (χ4n) is 2.35. The molecule has 1 heterocycles. The SMILES string of the molecule is O=C(NCc1ccccc1F)c1ccc(=O)n(Cc2ccccc2)n1. The smallest absolute Gasteiger partial charge is 0.271 e. The van der Waals surface area contributed by atoms with Gasteiger partial charge in [0.15, 0.2) is 0 Å². The van der Waals surface area contributed by atoms with Gasteiger partial charge in [-0.3, -0.25) is 9.59 Å². The highest BCUT2D eigenvalue weighted by molar-refractivity contribution is 5.91. The van der Waals surface area contributed by atoms with Crippen LogP contribution in [0.5, 0.6) is 0 Å². The number of hydrogen-bond donors (Lipinski definition) is 1. The Morgan fingerprint density at radius 2 is 1.72 bits per heavy atom. The summed E-state index contributed by atoms with van der Waals surface area (Å²) in [5, 5.41) is 6.71. The van der Waals surface area contributed by atoms with Crippen LogP contribution in [0.1, 0.15) is 21.6 Å². The van der Waals surface area contributed by atoms with E-state index in [2.05, 4.69) is 10.4 Å². The van der Waals surface area contributed by atoms with Gasteiger partial charge in [0, 0.05) is 18.2 Å². The molecule has 0 saturated heterocycles. The van der Waals surface area contributed by atoms with Crippen LogP contribution in [0.25, 0.3) is 0 Å². The number of nitrogens with one attached hydrogen (secondary N) is 1. The van der Waals surface area contributed by atoms with Crippen molar-refractivity contribution in [3.63, 3.8) is 0 Å². The van der Waals surface area contributed by atoms with Crippen molar-refractivity contribution in [2.24, 2.45) is 0 Å². The highest BCUT2D eigenvalue weighted by Gasteiger charge is 2.11. The predicted molar refractivity (Wildman–Crippen MR) is 91.6 cm³/mol. The number of aromatic nitrogens is 2. The zero-order valence-corrected chi connectivity index (χ0v) is 13.4. The fraction of sp³-hybridized carbons (Fsp3) is 0.105. The molecule has 5 nitrogen and oxygen atoms in total. The lowest BCUT2D eigenvalue weighted by Gasteiger charge is -2.08. The van der Waals surface area contributed by atoms with Crippen LogP contribution in [0, 0.1) is 5.82 Å². The first-order valence-electron chi connectivity index (χ1n) is 7.77. The number of halogens is 1. The third kappa shape index (κ3) is 4.17. The maximum absolute atomic E-state index is 13.6. The van der Waals surface area contributed by atoms with Crippen LogP contribution in [-0.4, -0.2) is 15.7 Å². The number of rotatable bonds is 5. The topological polar surface area (TPSA) is 64.0 Å². The average molecular weight is 337 g/mol. The number of hydrogen-bond acceptors (Lipinski definition) is 3. The summed E-state index contributed by atoms with van der Waals surface area (Å²) in [4.78, 5) is 24.2. The lowest BCUT2D eigenvalue weighted by Crippen LogP contribution is -2.29. The van der Waals surface area contributed by atoms with Crippen LogP contribution in [0.15, 0.2) is 71.5 Å². The van der Waals surface area contributed by atoms with Crippen LogP contribution >= 0.6 is 0 Å². The maximum Gasteiger partial charge on any atom is 0.271 e. The van der Waals surface area contributed by atoms with Gasteiger partial charge < -0.3 is 5.32 Å². The third-order valence-electron chi connectivity index (χ3n) is 3.67. The summed E-state index contributed by atoms with van der Waals surface area (Å²) in [5.74, 6) is -0.852. The molecule has 25 heavy (non-hydrogen) atoms. The van der Waals surface area contributed by atoms with Crippen LogP contribution in [-0.2, 0) is 13.1 Å². The summed E-state index contributed by atoms with van der Waals surface area (Å²) in [5.41, 5.74) is 1.09. The molecule has 1 N–H and O–H groups in total. The summed E-state index contributed by atoms with van der Waals surface area (Å²) < 4.78 is 14.8. The molecule has 0 unspecified atom stereocenters. The Labute approximate surface area is 143 Å². The average Bonchev–Trinajstić information content (AvgIpc) is 2.63. The zero-order valence-electron chi connectivity index (χ0n) is 13.4.